The third-order valence-corrected chi connectivity index (χ3v) is 4.93. The average Bonchev–Trinajstić information content (AvgIpc) is 3.31. The van der Waals surface area contributed by atoms with Crippen molar-refractivity contribution in [1.82, 2.24) is 4.98 Å². The summed E-state index contributed by atoms with van der Waals surface area (Å²) in [6.45, 7) is 0.937. The molecule has 5 nitrogen and oxygen atoms in total. The lowest BCUT2D eigenvalue weighted by molar-refractivity contribution is 0.0697. The molecule has 1 N–H and O–H groups in total. The minimum absolute atomic E-state index is 0.212. The maximum atomic E-state index is 11.2. The third kappa shape index (κ3) is 2.64. The fourth-order valence-corrected chi connectivity index (χ4v) is 3.60. The lowest BCUT2D eigenvalue weighted by Gasteiger charge is -2.19. The first-order valence-electron chi connectivity index (χ1n) is 8.79. The van der Waals surface area contributed by atoms with Gasteiger partial charge in [-0.25, -0.2) is 9.78 Å². The number of nitrogens with zero attached hydrogens (tertiary/aromatic N) is 2. The number of anilines is 2. The van der Waals surface area contributed by atoms with Gasteiger partial charge in [0.1, 0.15) is 5.52 Å². The molecule has 0 unspecified atom stereocenters. The van der Waals surface area contributed by atoms with Crippen molar-refractivity contribution in [3.8, 4) is 11.5 Å². The Hall–Kier alpha value is -3.60. The molecule has 4 aromatic rings. The monoisotopic (exact) mass is 356 g/mol. The first-order valence-corrected chi connectivity index (χ1v) is 8.79. The Morgan fingerprint density at radius 2 is 1.93 bits per heavy atom. The summed E-state index contributed by atoms with van der Waals surface area (Å²) in [4.78, 5) is 18.0. The SMILES string of the molecule is O=C(O)c1cccc(-c2nc3ccc(N4CCc5ccccc54)cc3o2)c1. The van der Waals surface area contributed by atoms with Crippen molar-refractivity contribution in [1.29, 1.82) is 0 Å². The molecule has 0 atom stereocenters. The summed E-state index contributed by atoms with van der Waals surface area (Å²) in [5.74, 6) is -0.546. The summed E-state index contributed by atoms with van der Waals surface area (Å²) in [6.07, 6.45) is 1.03. The van der Waals surface area contributed by atoms with Gasteiger partial charge in [0.05, 0.1) is 5.56 Å². The van der Waals surface area contributed by atoms with Gasteiger partial charge in [0.15, 0.2) is 5.58 Å². The van der Waals surface area contributed by atoms with Crippen molar-refractivity contribution in [2.24, 2.45) is 0 Å². The second-order valence-corrected chi connectivity index (χ2v) is 6.59. The molecule has 5 heteroatoms. The number of aromatic carboxylic acids is 1. The highest BCUT2D eigenvalue weighted by Crippen LogP contribution is 2.36. The van der Waals surface area contributed by atoms with Crippen LogP contribution in [0.15, 0.2) is 71.1 Å². The largest absolute Gasteiger partial charge is 0.478 e. The van der Waals surface area contributed by atoms with Gasteiger partial charge in [-0.2, -0.15) is 0 Å². The van der Waals surface area contributed by atoms with Gasteiger partial charge in [-0.05, 0) is 48.4 Å². The van der Waals surface area contributed by atoms with Crippen LogP contribution in [0.4, 0.5) is 11.4 Å². The van der Waals surface area contributed by atoms with Crippen molar-refractivity contribution in [3.05, 3.63) is 77.9 Å². The fourth-order valence-electron chi connectivity index (χ4n) is 3.60. The molecule has 27 heavy (non-hydrogen) atoms. The van der Waals surface area contributed by atoms with Crippen LogP contribution in [0.5, 0.6) is 0 Å². The molecule has 1 aliphatic heterocycles. The summed E-state index contributed by atoms with van der Waals surface area (Å²) in [5, 5.41) is 9.18. The van der Waals surface area contributed by atoms with Crippen LogP contribution in [0.1, 0.15) is 15.9 Å². The van der Waals surface area contributed by atoms with Crippen LogP contribution < -0.4 is 4.90 Å². The highest BCUT2D eigenvalue weighted by atomic mass is 16.4. The summed E-state index contributed by atoms with van der Waals surface area (Å²) < 4.78 is 5.95. The first kappa shape index (κ1) is 15.6. The summed E-state index contributed by atoms with van der Waals surface area (Å²) in [5.41, 5.74) is 5.94. The van der Waals surface area contributed by atoms with E-state index in [1.807, 2.05) is 18.2 Å². The van der Waals surface area contributed by atoms with Gasteiger partial charge in [0.25, 0.3) is 0 Å². The molecule has 132 valence electrons. The van der Waals surface area contributed by atoms with Crippen LogP contribution in [0, 0.1) is 0 Å². The Kier molecular flexibility index (Phi) is 3.47. The van der Waals surface area contributed by atoms with E-state index in [-0.39, 0.29) is 5.56 Å². The number of benzene rings is 3. The van der Waals surface area contributed by atoms with Crippen LogP contribution in [-0.2, 0) is 6.42 Å². The molecule has 0 amide bonds. The number of para-hydroxylation sites is 1. The van der Waals surface area contributed by atoms with E-state index in [4.69, 9.17) is 4.42 Å². The maximum Gasteiger partial charge on any atom is 0.335 e. The lowest BCUT2D eigenvalue weighted by atomic mass is 10.1. The number of carboxylic acids is 1. The smallest absolute Gasteiger partial charge is 0.335 e. The van der Waals surface area contributed by atoms with Gasteiger partial charge >= 0.3 is 5.97 Å². The zero-order chi connectivity index (χ0) is 18.4. The second-order valence-electron chi connectivity index (χ2n) is 6.59. The molecule has 0 spiro atoms. The van der Waals surface area contributed by atoms with Crippen molar-refractivity contribution < 1.29 is 14.3 Å². The number of carbonyl (C=O) groups is 1. The van der Waals surface area contributed by atoms with Crippen molar-refractivity contribution in [3.63, 3.8) is 0 Å². The molecule has 1 aromatic heterocycles. The predicted octanol–water partition coefficient (Wildman–Crippen LogP) is 4.89. The molecule has 1 aliphatic rings. The third-order valence-electron chi connectivity index (χ3n) is 4.93. The van der Waals surface area contributed by atoms with Crippen LogP contribution in [0.2, 0.25) is 0 Å². The average molecular weight is 356 g/mol. The molecule has 0 radical (unpaired) electrons. The van der Waals surface area contributed by atoms with Crippen molar-refractivity contribution in [2.75, 3.05) is 11.4 Å². The van der Waals surface area contributed by atoms with E-state index in [1.165, 1.54) is 11.3 Å². The second kappa shape index (κ2) is 5.99. The van der Waals surface area contributed by atoms with E-state index in [9.17, 15) is 9.90 Å². The van der Waals surface area contributed by atoms with Gasteiger partial charge < -0.3 is 14.4 Å². The Labute approximate surface area is 155 Å². The van der Waals surface area contributed by atoms with Crippen LogP contribution in [0.25, 0.3) is 22.6 Å². The van der Waals surface area contributed by atoms with E-state index in [2.05, 4.69) is 34.1 Å². The zero-order valence-electron chi connectivity index (χ0n) is 14.4. The van der Waals surface area contributed by atoms with Crippen molar-refractivity contribution in [2.45, 2.75) is 6.42 Å². The zero-order valence-corrected chi connectivity index (χ0v) is 14.4. The van der Waals surface area contributed by atoms with E-state index in [1.54, 1.807) is 24.3 Å². The summed E-state index contributed by atoms with van der Waals surface area (Å²) in [6, 6.07) is 21.0. The molecular formula is C22H16N2O3. The molecular weight excluding hydrogens is 340 g/mol. The Bertz CT molecular complexity index is 1180. The molecule has 0 fully saturated rings. The van der Waals surface area contributed by atoms with Gasteiger partial charge in [-0.15, -0.1) is 0 Å². The molecule has 5 rings (SSSR count). The quantitative estimate of drug-likeness (QED) is 0.566. The van der Waals surface area contributed by atoms with E-state index in [0.29, 0.717) is 17.0 Å². The van der Waals surface area contributed by atoms with E-state index < -0.39 is 5.97 Å². The van der Waals surface area contributed by atoms with Crippen LogP contribution >= 0.6 is 0 Å². The summed E-state index contributed by atoms with van der Waals surface area (Å²) in [7, 11) is 0. The first-order chi connectivity index (χ1) is 13.2. The number of hydrogen-bond acceptors (Lipinski definition) is 4. The van der Waals surface area contributed by atoms with Gasteiger partial charge in [-0.3, -0.25) is 0 Å². The Morgan fingerprint density at radius 3 is 2.81 bits per heavy atom. The molecule has 0 saturated heterocycles. The van der Waals surface area contributed by atoms with Crippen LogP contribution in [-0.4, -0.2) is 22.6 Å². The minimum Gasteiger partial charge on any atom is -0.478 e. The molecule has 0 aliphatic carbocycles. The maximum absolute atomic E-state index is 11.2. The van der Waals surface area contributed by atoms with Gasteiger partial charge in [0.2, 0.25) is 5.89 Å². The Morgan fingerprint density at radius 1 is 1.04 bits per heavy atom. The minimum atomic E-state index is -0.969. The number of aromatic nitrogens is 1. The lowest BCUT2D eigenvalue weighted by Crippen LogP contribution is -2.12. The number of fused-ring (bicyclic) bond motifs is 2. The van der Waals surface area contributed by atoms with E-state index in [0.717, 1.165) is 24.2 Å². The van der Waals surface area contributed by atoms with Crippen molar-refractivity contribution >= 4 is 28.4 Å². The topological polar surface area (TPSA) is 66.6 Å². The Balaban J connectivity index is 1.55. The van der Waals surface area contributed by atoms with E-state index >= 15 is 0 Å². The number of hydrogen-bond donors (Lipinski definition) is 1. The highest BCUT2D eigenvalue weighted by molar-refractivity contribution is 5.89. The number of oxazole rings is 1. The van der Waals surface area contributed by atoms with Crippen LogP contribution in [0.3, 0.4) is 0 Å². The normalized spacial score (nSPS) is 13.1. The molecule has 2 heterocycles. The molecule has 0 saturated carbocycles. The summed E-state index contributed by atoms with van der Waals surface area (Å²) >= 11 is 0. The number of rotatable bonds is 3. The molecule has 0 bridgehead atoms. The fraction of sp³-hybridized carbons (Fsp3) is 0.0909. The van der Waals surface area contributed by atoms with Gasteiger partial charge in [0, 0.05) is 29.5 Å². The molecule has 3 aromatic carbocycles. The predicted molar refractivity (Wildman–Crippen MR) is 104 cm³/mol. The number of carboxylic acid groups (broad SMARTS) is 1. The van der Waals surface area contributed by atoms with Gasteiger partial charge in [-0.1, -0.05) is 24.3 Å². The highest BCUT2D eigenvalue weighted by Gasteiger charge is 2.20. The standard InChI is InChI=1S/C22H16N2O3/c25-22(26)16-6-3-5-15(12-16)21-23-18-9-8-17(13-20(18)27-21)24-11-10-14-4-1-2-7-19(14)24/h1-9,12-13H,10-11H2,(H,25,26).